The zero-order chi connectivity index (χ0) is 15.9. The quantitative estimate of drug-likeness (QED) is 0.780. The molecule has 0 atom stereocenters. The lowest BCUT2D eigenvalue weighted by molar-refractivity contribution is -0.122. The van der Waals surface area contributed by atoms with Crippen LogP contribution in [-0.4, -0.2) is 89.8 Å². The summed E-state index contributed by atoms with van der Waals surface area (Å²) in [6.07, 6.45) is 0.942. The van der Waals surface area contributed by atoms with E-state index in [1.807, 2.05) is 11.8 Å². The second kappa shape index (κ2) is 13.9. The lowest BCUT2D eigenvalue weighted by Gasteiger charge is -2.21. The van der Waals surface area contributed by atoms with Crippen LogP contribution in [0.5, 0.6) is 0 Å². The van der Waals surface area contributed by atoms with Gasteiger partial charge >= 0.3 is 0 Å². The average Bonchev–Trinajstić information content (AvgIpc) is 2.53. The third kappa shape index (κ3) is 10.9. The Morgan fingerprint density at radius 1 is 0.864 bits per heavy atom. The van der Waals surface area contributed by atoms with Gasteiger partial charge < -0.3 is 24.3 Å². The molecule has 0 aromatic rings. The number of rotatable bonds is 4. The van der Waals surface area contributed by atoms with Crippen LogP contribution in [0.1, 0.15) is 13.3 Å². The predicted molar refractivity (Wildman–Crippen MR) is 83.0 cm³/mol. The summed E-state index contributed by atoms with van der Waals surface area (Å²) in [6.45, 7) is 9.12. The molecule has 0 unspecified atom stereocenters. The molecule has 0 bridgehead atoms. The first-order valence-electron chi connectivity index (χ1n) is 8.13. The van der Waals surface area contributed by atoms with Crippen LogP contribution in [0.3, 0.4) is 0 Å². The normalized spacial score (nSPS) is 20.8. The molecule has 0 aromatic heterocycles. The topological polar surface area (TPSA) is 69.3 Å². The Morgan fingerprint density at radius 2 is 1.32 bits per heavy atom. The summed E-state index contributed by atoms with van der Waals surface area (Å²) in [6, 6.07) is 0. The smallest absolute Gasteiger partial charge is 0.234 e. The van der Waals surface area contributed by atoms with E-state index in [-0.39, 0.29) is 5.91 Å². The first-order valence-corrected chi connectivity index (χ1v) is 8.13. The minimum absolute atomic E-state index is 0.0476. The molecule has 0 saturated carbocycles. The highest BCUT2D eigenvalue weighted by molar-refractivity contribution is 5.77. The molecule has 130 valence electrons. The number of amides is 1. The number of nitrogens with one attached hydrogen (secondary N) is 1. The second-order valence-electron chi connectivity index (χ2n) is 5.08. The van der Waals surface area contributed by atoms with Crippen LogP contribution in [0.4, 0.5) is 0 Å². The first-order chi connectivity index (χ1) is 10.8. The largest absolute Gasteiger partial charge is 0.378 e. The molecule has 1 saturated heterocycles. The molecule has 1 aliphatic rings. The number of nitrogens with zero attached hydrogens (tertiary/aromatic N) is 1. The second-order valence-corrected chi connectivity index (χ2v) is 5.08. The molecule has 1 heterocycles. The molecule has 0 spiro atoms. The van der Waals surface area contributed by atoms with E-state index >= 15 is 0 Å². The van der Waals surface area contributed by atoms with Gasteiger partial charge in [-0.1, -0.05) is 6.92 Å². The molecule has 0 radical (unpaired) electrons. The number of hydrogen-bond donors (Lipinski definition) is 1. The van der Waals surface area contributed by atoms with Crippen molar-refractivity contribution in [2.24, 2.45) is 0 Å². The van der Waals surface area contributed by atoms with E-state index in [1.165, 1.54) is 0 Å². The van der Waals surface area contributed by atoms with Crippen molar-refractivity contribution in [3.05, 3.63) is 0 Å². The summed E-state index contributed by atoms with van der Waals surface area (Å²) < 4.78 is 21.8. The van der Waals surface area contributed by atoms with Gasteiger partial charge in [0, 0.05) is 19.6 Å². The number of carbonyl (C=O) groups is 1. The van der Waals surface area contributed by atoms with Gasteiger partial charge in [-0.25, -0.2) is 0 Å². The van der Waals surface area contributed by atoms with Gasteiger partial charge in [0.05, 0.1) is 59.4 Å². The minimum Gasteiger partial charge on any atom is -0.378 e. The van der Waals surface area contributed by atoms with Crippen molar-refractivity contribution in [3.8, 4) is 0 Å². The Bertz CT molecular complexity index is 263. The Morgan fingerprint density at radius 3 is 1.77 bits per heavy atom. The van der Waals surface area contributed by atoms with Gasteiger partial charge in [0.1, 0.15) is 0 Å². The van der Waals surface area contributed by atoms with E-state index in [0.717, 1.165) is 6.42 Å². The Balaban J connectivity index is 2.30. The standard InChI is InChI=1S/C15H30N2O5/c1-2-3-16-15(18)14-17-4-6-19-8-10-21-12-13-22-11-9-20-7-5-17/h2-14H2,1H3,(H,16,18). The maximum atomic E-state index is 11.8. The predicted octanol–water partition coefficient (Wildman–Crippen LogP) is -0.105. The SMILES string of the molecule is CCCNC(=O)CN1CCOCCOCCOCCOCC1. The van der Waals surface area contributed by atoms with Crippen molar-refractivity contribution >= 4 is 5.91 Å². The summed E-state index contributed by atoms with van der Waals surface area (Å²) in [5.41, 5.74) is 0. The molecule has 1 fully saturated rings. The van der Waals surface area contributed by atoms with Crippen LogP contribution in [0, 0.1) is 0 Å². The minimum atomic E-state index is 0.0476. The summed E-state index contributed by atoms with van der Waals surface area (Å²) in [5.74, 6) is 0.0476. The first kappa shape index (κ1) is 19.3. The van der Waals surface area contributed by atoms with Crippen LogP contribution in [0.15, 0.2) is 0 Å². The molecule has 1 amide bonds. The van der Waals surface area contributed by atoms with E-state index < -0.39 is 0 Å². The van der Waals surface area contributed by atoms with Crippen molar-refractivity contribution in [2.75, 3.05) is 79.0 Å². The van der Waals surface area contributed by atoms with E-state index in [4.69, 9.17) is 18.9 Å². The molecule has 0 aliphatic carbocycles. The van der Waals surface area contributed by atoms with Crippen LogP contribution in [0.2, 0.25) is 0 Å². The lowest BCUT2D eigenvalue weighted by atomic mass is 10.4. The summed E-state index contributed by atoms with van der Waals surface area (Å²) in [7, 11) is 0. The van der Waals surface area contributed by atoms with Crippen molar-refractivity contribution in [2.45, 2.75) is 13.3 Å². The Hall–Kier alpha value is -0.730. The summed E-state index contributed by atoms with van der Waals surface area (Å²) >= 11 is 0. The highest BCUT2D eigenvalue weighted by Crippen LogP contribution is 1.92. The van der Waals surface area contributed by atoms with Crippen LogP contribution < -0.4 is 5.32 Å². The zero-order valence-corrected chi connectivity index (χ0v) is 13.7. The maximum absolute atomic E-state index is 11.8. The van der Waals surface area contributed by atoms with Gasteiger partial charge in [-0.15, -0.1) is 0 Å². The number of carbonyl (C=O) groups excluding carboxylic acids is 1. The van der Waals surface area contributed by atoms with E-state index in [0.29, 0.717) is 79.0 Å². The Kier molecular flexibility index (Phi) is 12.2. The molecular weight excluding hydrogens is 288 g/mol. The molecule has 1 aliphatic heterocycles. The van der Waals surface area contributed by atoms with E-state index in [9.17, 15) is 4.79 Å². The van der Waals surface area contributed by atoms with E-state index in [1.54, 1.807) is 0 Å². The third-order valence-corrected chi connectivity index (χ3v) is 3.16. The van der Waals surface area contributed by atoms with Gasteiger partial charge in [-0.2, -0.15) is 0 Å². The van der Waals surface area contributed by atoms with Crippen molar-refractivity contribution in [1.82, 2.24) is 10.2 Å². The molecule has 22 heavy (non-hydrogen) atoms. The van der Waals surface area contributed by atoms with Crippen LogP contribution >= 0.6 is 0 Å². The summed E-state index contributed by atoms with van der Waals surface area (Å²) in [5, 5.41) is 2.89. The molecular formula is C15H30N2O5. The van der Waals surface area contributed by atoms with E-state index in [2.05, 4.69) is 5.32 Å². The van der Waals surface area contributed by atoms with Gasteiger partial charge in [0.15, 0.2) is 0 Å². The van der Waals surface area contributed by atoms with Crippen LogP contribution in [0.25, 0.3) is 0 Å². The van der Waals surface area contributed by atoms with Crippen molar-refractivity contribution in [1.29, 1.82) is 0 Å². The third-order valence-electron chi connectivity index (χ3n) is 3.16. The highest BCUT2D eigenvalue weighted by Gasteiger charge is 2.10. The molecule has 0 aromatic carbocycles. The van der Waals surface area contributed by atoms with Gasteiger partial charge in [-0.05, 0) is 6.42 Å². The molecule has 7 nitrogen and oxygen atoms in total. The lowest BCUT2D eigenvalue weighted by Crippen LogP contribution is -2.40. The molecule has 7 heteroatoms. The van der Waals surface area contributed by atoms with Gasteiger partial charge in [0.25, 0.3) is 0 Å². The Labute approximate surface area is 133 Å². The molecule has 1 rings (SSSR count). The number of ether oxygens (including phenoxy) is 4. The highest BCUT2D eigenvalue weighted by atomic mass is 16.6. The fourth-order valence-corrected chi connectivity index (χ4v) is 1.94. The monoisotopic (exact) mass is 318 g/mol. The zero-order valence-electron chi connectivity index (χ0n) is 13.7. The fraction of sp³-hybridized carbons (Fsp3) is 0.933. The average molecular weight is 318 g/mol. The number of hydrogen-bond acceptors (Lipinski definition) is 6. The fourth-order valence-electron chi connectivity index (χ4n) is 1.94. The molecule has 1 N–H and O–H groups in total. The van der Waals surface area contributed by atoms with Crippen LogP contribution in [-0.2, 0) is 23.7 Å². The van der Waals surface area contributed by atoms with Gasteiger partial charge in [0.2, 0.25) is 5.91 Å². The van der Waals surface area contributed by atoms with Crippen molar-refractivity contribution < 1.29 is 23.7 Å². The maximum Gasteiger partial charge on any atom is 0.234 e. The summed E-state index contributed by atoms with van der Waals surface area (Å²) in [4.78, 5) is 13.9. The van der Waals surface area contributed by atoms with Crippen molar-refractivity contribution in [3.63, 3.8) is 0 Å². The van der Waals surface area contributed by atoms with Gasteiger partial charge in [-0.3, -0.25) is 9.69 Å².